The van der Waals surface area contributed by atoms with E-state index in [1.807, 2.05) is 0 Å². The average Bonchev–Trinajstić information content (AvgIpc) is 2.35. The van der Waals surface area contributed by atoms with Crippen molar-refractivity contribution in [2.75, 3.05) is 6.29 Å². The predicted molar refractivity (Wildman–Crippen MR) is 63.1 cm³/mol. The Kier molecular flexibility index (Phi) is 5.46. The standard InChI is InChI=1S/C10H14NO6P/c12-10(13)9(11-7-18(15,16)17-14)6-8-4-2-1-3-5-8/h1-5,9,11,14H,6-7H2,(H,12,13)(H,15,16)/t9-/m0/s1. The predicted octanol–water partition coefficient (Wildman–Crippen LogP) is 0.904. The van der Waals surface area contributed by atoms with E-state index in [0.29, 0.717) is 0 Å². The van der Waals surface area contributed by atoms with Crippen LogP contribution in [0.5, 0.6) is 0 Å². The zero-order chi connectivity index (χ0) is 13.6. The number of benzene rings is 1. The van der Waals surface area contributed by atoms with Crippen LogP contribution in [-0.4, -0.2) is 33.6 Å². The molecular weight excluding hydrogens is 261 g/mol. The fraction of sp³-hybridized carbons (Fsp3) is 0.300. The zero-order valence-electron chi connectivity index (χ0n) is 9.39. The summed E-state index contributed by atoms with van der Waals surface area (Å²) in [6.45, 7) is 0. The lowest BCUT2D eigenvalue weighted by molar-refractivity contribution is -0.146. The summed E-state index contributed by atoms with van der Waals surface area (Å²) in [4.78, 5) is 19.9. The Balaban J connectivity index is 2.62. The number of carbonyl (C=O) groups is 1. The van der Waals surface area contributed by atoms with Crippen molar-refractivity contribution in [3.63, 3.8) is 0 Å². The van der Waals surface area contributed by atoms with E-state index in [2.05, 4.69) is 9.99 Å². The second kappa shape index (κ2) is 6.63. The van der Waals surface area contributed by atoms with E-state index >= 15 is 0 Å². The lowest BCUT2D eigenvalue weighted by Crippen LogP contribution is -2.39. The lowest BCUT2D eigenvalue weighted by Gasteiger charge is -2.15. The summed E-state index contributed by atoms with van der Waals surface area (Å²) in [6, 6.07) is 7.79. The van der Waals surface area contributed by atoms with E-state index in [0.717, 1.165) is 5.56 Å². The number of nitrogens with one attached hydrogen (secondary N) is 1. The van der Waals surface area contributed by atoms with E-state index in [-0.39, 0.29) is 6.42 Å². The summed E-state index contributed by atoms with van der Waals surface area (Å²) in [7, 11) is -4.19. The number of aliphatic carboxylic acids is 1. The molecule has 0 spiro atoms. The van der Waals surface area contributed by atoms with Gasteiger partial charge in [0.15, 0.2) is 0 Å². The fourth-order valence-corrected chi connectivity index (χ4v) is 1.86. The van der Waals surface area contributed by atoms with Crippen LogP contribution >= 0.6 is 7.60 Å². The second-order valence-electron chi connectivity index (χ2n) is 3.66. The molecule has 0 aliphatic carbocycles. The van der Waals surface area contributed by atoms with Crippen LogP contribution in [0.3, 0.4) is 0 Å². The van der Waals surface area contributed by atoms with Gasteiger partial charge in [-0.2, -0.15) is 4.67 Å². The molecule has 0 aliphatic rings. The number of carboxylic acids is 1. The lowest BCUT2D eigenvalue weighted by atomic mass is 10.1. The number of rotatable bonds is 7. The van der Waals surface area contributed by atoms with Crippen LogP contribution in [0.1, 0.15) is 5.56 Å². The van der Waals surface area contributed by atoms with Crippen molar-refractivity contribution in [3.8, 4) is 0 Å². The monoisotopic (exact) mass is 275 g/mol. The summed E-state index contributed by atoms with van der Waals surface area (Å²) in [6.07, 6.45) is -0.491. The summed E-state index contributed by atoms with van der Waals surface area (Å²) in [5.74, 6) is -1.16. The summed E-state index contributed by atoms with van der Waals surface area (Å²) in [5.41, 5.74) is 0.773. The van der Waals surface area contributed by atoms with Gasteiger partial charge in [0, 0.05) is 0 Å². The minimum Gasteiger partial charge on any atom is -0.480 e. The van der Waals surface area contributed by atoms with Gasteiger partial charge in [0.2, 0.25) is 0 Å². The summed E-state index contributed by atoms with van der Waals surface area (Å²) < 4.78 is 14.4. The van der Waals surface area contributed by atoms with E-state index in [1.165, 1.54) is 0 Å². The molecule has 1 aromatic carbocycles. The quantitative estimate of drug-likeness (QED) is 0.332. The molecule has 0 amide bonds. The first-order valence-corrected chi connectivity index (χ1v) is 6.86. The van der Waals surface area contributed by atoms with Crippen LogP contribution in [0, 0.1) is 0 Å². The van der Waals surface area contributed by atoms with Crippen LogP contribution < -0.4 is 5.32 Å². The molecule has 2 atom stereocenters. The van der Waals surface area contributed by atoms with Crippen LogP contribution in [0.15, 0.2) is 30.3 Å². The molecule has 0 aromatic heterocycles. The third-order valence-electron chi connectivity index (χ3n) is 2.25. The molecule has 1 unspecified atom stereocenters. The third kappa shape index (κ3) is 4.95. The summed E-state index contributed by atoms with van der Waals surface area (Å²) >= 11 is 0. The Morgan fingerprint density at radius 3 is 2.50 bits per heavy atom. The number of carboxylic acid groups (broad SMARTS) is 1. The van der Waals surface area contributed by atoms with Gasteiger partial charge in [-0.25, -0.2) is 5.26 Å². The van der Waals surface area contributed by atoms with Gasteiger partial charge in [-0.3, -0.25) is 14.7 Å². The molecule has 100 valence electrons. The Bertz CT molecular complexity index is 437. The fourth-order valence-electron chi connectivity index (χ4n) is 1.35. The average molecular weight is 275 g/mol. The van der Waals surface area contributed by atoms with E-state index in [4.69, 9.17) is 15.3 Å². The van der Waals surface area contributed by atoms with Gasteiger partial charge in [-0.05, 0) is 12.0 Å². The first-order valence-electron chi connectivity index (χ1n) is 5.10. The zero-order valence-corrected chi connectivity index (χ0v) is 10.3. The smallest absolute Gasteiger partial charge is 0.368 e. The maximum Gasteiger partial charge on any atom is 0.368 e. The summed E-state index contributed by atoms with van der Waals surface area (Å²) in [5, 5.41) is 19.5. The Morgan fingerprint density at radius 2 is 2.00 bits per heavy atom. The van der Waals surface area contributed by atoms with Crippen molar-refractivity contribution in [2.24, 2.45) is 0 Å². The maximum atomic E-state index is 11.0. The van der Waals surface area contributed by atoms with Crippen LogP contribution in [-0.2, 0) is 20.5 Å². The van der Waals surface area contributed by atoms with E-state index in [1.54, 1.807) is 30.3 Å². The molecule has 0 aliphatic heterocycles. The molecule has 0 saturated heterocycles. The SMILES string of the molecule is O=C(O)[C@H](Cc1ccccc1)NCP(=O)(O)OO. The van der Waals surface area contributed by atoms with Crippen LogP contribution in [0.4, 0.5) is 0 Å². The van der Waals surface area contributed by atoms with Gasteiger partial charge in [0.1, 0.15) is 12.3 Å². The van der Waals surface area contributed by atoms with E-state index in [9.17, 15) is 9.36 Å². The minimum absolute atomic E-state index is 0.154. The molecule has 0 bridgehead atoms. The maximum absolute atomic E-state index is 11.0. The van der Waals surface area contributed by atoms with Gasteiger partial charge in [0.05, 0.1) is 0 Å². The molecular formula is C10H14NO6P. The first-order chi connectivity index (χ1) is 8.44. The van der Waals surface area contributed by atoms with Crippen molar-refractivity contribution in [1.82, 2.24) is 5.32 Å². The second-order valence-corrected chi connectivity index (χ2v) is 5.42. The first kappa shape index (κ1) is 14.8. The third-order valence-corrected chi connectivity index (χ3v) is 3.08. The molecule has 7 nitrogen and oxygen atoms in total. The van der Waals surface area contributed by atoms with Crippen LogP contribution in [0.25, 0.3) is 0 Å². The molecule has 1 rings (SSSR count). The molecule has 8 heteroatoms. The van der Waals surface area contributed by atoms with Gasteiger partial charge in [-0.15, -0.1) is 0 Å². The Hall–Kier alpha value is -1.24. The van der Waals surface area contributed by atoms with Crippen LogP contribution in [0.2, 0.25) is 0 Å². The van der Waals surface area contributed by atoms with Crippen molar-refractivity contribution in [3.05, 3.63) is 35.9 Å². The topological polar surface area (TPSA) is 116 Å². The molecule has 18 heavy (non-hydrogen) atoms. The highest BCUT2D eigenvalue weighted by atomic mass is 31.2. The van der Waals surface area contributed by atoms with Crippen molar-refractivity contribution < 1.29 is 29.3 Å². The molecule has 0 heterocycles. The molecule has 0 fully saturated rings. The van der Waals surface area contributed by atoms with Gasteiger partial charge >= 0.3 is 13.6 Å². The Labute approximate surface area is 103 Å². The van der Waals surface area contributed by atoms with Crippen molar-refractivity contribution >= 4 is 13.6 Å². The minimum atomic E-state index is -4.19. The van der Waals surface area contributed by atoms with Gasteiger partial charge in [-0.1, -0.05) is 30.3 Å². The van der Waals surface area contributed by atoms with Gasteiger partial charge in [0.25, 0.3) is 0 Å². The Morgan fingerprint density at radius 1 is 1.39 bits per heavy atom. The highest BCUT2D eigenvalue weighted by Crippen LogP contribution is 2.38. The largest absolute Gasteiger partial charge is 0.480 e. The molecule has 1 aromatic rings. The molecule has 0 saturated carbocycles. The number of hydrogen-bond acceptors (Lipinski definition) is 5. The number of hydrogen-bond donors (Lipinski definition) is 4. The molecule has 0 radical (unpaired) electrons. The molecule has 4 N–H and O–H groups in total. The van der Waals surface area contributed by atoms with Crippen molar-refractivity contribution in [1.29, 1.82) is 0 Å². The van der Waals surface area contributed by atoms with Gasteiger partial charge < -0.3 is 10.00 Å². The van der Waals surface area contributed by atoms with Crippen molar-refractivity contribution in [2.45, 2.75) is 12.5 Å². The van der Waals surface area contributed by atoms with E-state index < -0.39 is 25.9 Å². The normalized spacial score (nSPS) is 15.9. The highest BCUT2D eigenvalue weighted by Gasteiger charge is 2.24. The highest BCUT2D eigenvalue weighted by molar-refractivity contribution is 7.52.